The first kappa shape index (κ1) is 26.0. The molecule has 0 N–H and O–H groups in total. The number of carbonyl (C=O) groups excluding carboxylic acids is 2. The van der Waals surface area contributed by atoms with Gasteiger partial charge in [-0.05, 0) is 44.0 Å². The summed E-state index contributed by atoms with van der Waals surface area (Å²) in [6.45, 7) is 10.6. The number of carbonyl (C=O) groups is 2. The van der Waals surface area contributed by atoms with Crippen LogP contribution in [-0.4, -0.2) is 37.7 Å². The Morgan fingerprint density at radius 3 is 2.32 bits per heavy atom. The number of unbranched alkanes of at least 4 members (excludes halogenated alkanes) is 4. The van der Waals surface area contributed by atoms with Crippen LogP contribution >= 0.6 is 0 Å². The maximum absolute atomic E-state index is 12.1. The minimum absolute atomic E-state index is 0.0898. The van der Waals surface area contributed by atoms with Gasteiger partial charge in [0.25, 0.3) is 0 Å². The van der Waals surface area contributed by atoms with Crippen LogP contribution in [0, 0.1) is 11.3 Å². The van der Waals surface area contributed by atoms with Gasteiger partial charge in [-0.1, -0.05) is 51.3 Å². The Bertz CT molecular complexity index is 776. The molecule has 6 heteroatoms. The molecule has 0 atom stereocenters. The minimum Gasteiger partial charge on any atom is -0.459 e. The van der Waals surface area contributed by atoms with Crippen LogP contribution < -0.4 is 4.90 Å². The second-order valence-corrected chi connectivity index (χ2v) is 7.47. The molecule has 0 amide bonds. The molecule has 6 nitrogen and oxygen atoms in total. The van der Waals surface area contributed by atoms with Crippen LogP contribution in [0.5, 0.6) is 0 Å². The van der Waals surface area contributed by atoms with E-state index in [9.17, 15) is 14.9 Å². The molecule has 0 unspecified atom stereocenters. The number of esters is 2. The molecule has 0 aliphatic rings. The van der Waals surface area contributed by atoms with Crippen molar-refractivity contribution in [1.82, 2.24) is 0 Å². The van der Waals surface area contributed by atoms with Crippen LogP contribution in [0.25, 0.3) is 6.08 Å². The lowest BCUT2D eigenvalue weighted by molar-refractivity contribution is -0.146. The van der Waals surface area contributed by atoms with E-state index < -0.39 is 11.9 Å². The van der Waals surface area contributed by atoms with Gasteiger partial charge in [0, 0.05) is 24.4 Å². The number of rotatable bonds is 14. The summed E-state index contributed by atoms with van der Waals surface area (Å²) in [4.78, 5) is 25.4. The first-order valence-corrected chi connectivity index (χ1v) is 10.9. The summed E-state index contributed by atoms with van der Waals surface area (Å²) in [6.07, 6.45) is 8.71. The summed E-state index contributed by atoms with van der Waals surface area (Å²) >= 11 is 0. The van der Waals surface area contributed by atoms with Crippen molar-refractivity contribution < 1.29 is 19.1 Å². The average molecular weight is 427 g/mol. The number of hydrogen-bond donors (Lipinski definition) is 0. The first-order chi connectivity index (χ1) is 14.9. The minimum atomic E-state index is -0.753. The highest BCUT2D eigenvalue weighted by molar-refractivity contribution is 5.97. The largest absolute Gasteiger partial charge is 0.459 e. The molecule has 0 aliphatic heterocycles. The van der Waals surface area contributed by atoms with Gasteiger partial charge in [0.2, 0.25) is 0 Å². The maximum Gasteiger partial charge on any atom is 0.349 e. The van der Waals surface area contributed by atoms with E-state index in [4.69, 9.17) is 9.47 Å². The van der Waals surface area contributed by atoms with Crippen molar-refractivity contribution in [2.75, 3.05) is 24.7 Å². The third kappa shape index (κ3) is 9.99. The van der Waals surface area contributed by atoms with E-state index in [1.54, 1.807) is 0 Å². The van der Waals surface area contributed by atoms with E-state index in [-0.39, 0.29) is 18.8 Å². The maximum atomic E-state index is 12.1. The number of nitrogens with zero attached hydrogens (tertiary/aromatic N) is 2. The van der Waals surface area contributed by atoms with E-state index in [0.29, 0.717) is 6.04 Å². The molecular formula is C25H34N2O4. The summed E-state index contributed by atoms with van der Waals surface area (Å²) < 4.78 is 9.71. The fourth-order valence-corrected chi connectivity index (χ4v) is 3.05. The molecule has 1 aromatic carbocycles. The zero-order chi connectivity index (χ0) is 23.1. The Morgan fingerprint density at radius 2 is 1.74 bits per heavy atom. The fourth-order valence-electron chi connectivity index (χ4n) is 3.05. The summed E-state index contributed by atoms with van der Waals surface area (Å²) in [5, 5.41) is 9.29. The van der Waals surface area contributed by atoms with E-state index in [0.717, 1.165) is 30.3 Å². The molecule has 0 saturated carbocycles. The number of nitriles is 1. The first-order valence-electron chi connectivity index (χ1n) is 10.9. The highest BCUT2D eigenvalue weighted by Gasteiger charge is 2.13. The van der Waals surface area contributed by atoms with Crippen LogP contribution in [0.15, 0.2) is 42.5 Å². The molecule has 1 aromatic rings. The lowest BCUT2D eigenvalue weighted by Crippen LogP contribution is -2.31. The quantitative estimate of drug-likeness (QED) is 0.179. The molecule has 0 aliphatic carbocycles. The van der Waals surface area contributed by atoms with Crippen LogP contribution in [0.4, 0.5) is 5.69 Å². The highest BCUT2D eigenvalue weighted by Crippen LogP contribution is 2.20. The predicted octanol–water partition coefficient (Wildman–Crippen LogP) is 5.05. The van der Waals surface area contributed by atoms with Gasteiger partial charge in [-0.25, -0.2) is 9.59 Å². The normalized spacial score (nSPS) is 11.0. The topological polar surface area (TPSA) is 79.6 Å². The second kappa shape index (κ2) is 14.8. The molecule has 0 radical (unpaired) electrons. The SMILES string of the molecule is C=CC(=O)OCCOC(=O)C(C#N)=Cc1ccc(N(CCCCCCC)C(C)C)cc1. The van der Waals surface area contributed by atoms with Gasteiger partial charge in [-0.15, -0.1) is 0 Å². The Balaban J connectivity index is 2.70. The van der Waals surface area contributed by atoms with Gasteiger partial charge in [0.15, 0.2) is 0 Å². The lowest BCUT2D eigenvalue weighted by atomic mass is 10.1. The van der Waals surface area contributed by atoms with Crippen LogP contribution in [-0.2, 0) is 19.1 Å². The standard InChI is InChI=1S/C25H34N2O4/c1-5-7-8-9-10-15-27(20(3)4)23-13-11-21(12-14-23)18-22(19-26)25(29)31-17-16-30-24(28)6-2/h6,11-14,18,20H,2,5,7-10,15-17H2,1,3-4H3. The van der Waals surface area contributed by atoms with Crippen molar-refractivity contribution in [2.45, 2.75) is 58.9 Å². The highest BCUT2D eigenvalue weighted by atomic mass is 16.6. The third-order valence-electron chi connectivity index (χ3n) is 4.73. The molecule has 0 aromatic heterocycles. The van der Waals surface area contributed by atoms with Gasteiger partial charge in [0.05, 0.1) is 0 Å². The van der Waals surface area contributed by atoms with E-state index in [2.05, 4.69) is 32.3 Å². The summed E-state index contributed by atoms with van der Waals surface area (Å²) in [7, 11) is 0. The van der Waals surface area contributed by atoms with Crippen molar-refractivity contribution in [3.8, 4) is 6.07 Å². The Labute approximate surface area is 186 Å². The van der Waals surface area contributed by atoms with E-state index in [1.165, 1.54) is 31.8 Å². The van der Waals surface area contributed by atoms with Gasteiger partial charge in [0.1, 0.15) is 24.9 Å². The van der Waals surface area contributed by atoms with Crippen LogP contribution in [0.1, 0.15) is 58.4 Å². The number of hydrogen-bond acceptors (Lipinski definition) is 6. The molecule has 0 fully saturated rings. The average Bonchev–Trinajstić information content (AvgIpc) is 2.77. The van der Waals surface area contributed by atoms with E-state index in [1.807, 2.05) is 30.3 Å². The van der Waals surface area contributed by atoms with Crippen molar-refractivity contribution >= 4 is 23.7 Å². The number of benzene rings is 1. The zero-order valence-electron chi connectivity index (χ0n) is 18.9. The Morgan fingerprint density at radius 1 is 1.10 bits per heavy atom. The molecule has 168 valence electrons. The number of ether oxygens (including phenoxy) is 2. The van der Waals surface area contributed by atoms with Crippen molar-refractivity contribution in [1.29, 1.82) is 5.26 Å². The summed E-state index contributed by atoms with van der Waals surface area (Å²) in [6, 6.07) is 10.0. The third-order valence-corrected chi connectivity index (χ3v) is 4.73. The monoisotopic (exact) mass is 426 g/mol. The van der Waals surface area contributed by atoms with Gasteiger partial charge < -0.3 is 14.4 Å². The molecule has 1 rings (SSSR count). The van der Waals surface area contributed by atoms with Gasteiger partial charge >= 0.3 is 11.9 Å². The van der Waals surface area contributed by atoms with Crippen LogP contribution in [0.2, 0.25) is 0 Å². The smallest absolute Gasteiger partial charge is 0.349 e. The summed E-state index contributed by atoms with van der Waals surface area (Å²) in [5.41, 5.74) is 1.74. The van der Waals surface area contributed by atoms with Crippen molar-refractivity contribution in [3.05, 3.63) is 48.1 Å². The van der Waals surface area contributed by atoms with Gasteiger partial charge in [-0.3, -0.25) is 0 Å². The molecule has 0 heterocycles. The molecular weight excluding hydrogens is 392 g/mol. The number of anilines is 1. The predicted molar refractivity (Wildman–Crippen MR) is 123 cm³/mol. The second-order valence-electron chi connectivity index (χ2n) is 7.47. The lowest BCUT2D eigenvalue weighted by Gasteiger charge is -2.29. The molecule has 0 bridgehead atoms. The summed E-state index contributed by atoms with van der Waals surface area (Å²) in [5.74, 6) is -1.35. The Kier molecular flexibility index (Phi) is 12.4. The Hall–Kier alpha value is -3.07. The van der Waals surface area contributed by atoms with E-state index >= 15 is 0 Å². The fraction of sp³-hybridized carbons (Fsp3) is 0.480. The molecule has 0 saturated heterocycles. The van der Waals surface area contributed by atoms with Crippen LogP contribution in [0.3, 0.4) is 0 Å². The van der Waals surface area contributed by atoms with Crippen molar-refractivity contribution in [2.24, 2.45) is 0 Å². The van der Waals surface area contributed by atoms with Gasteiger partial charge in [-0.2, -0.15) is 5.26 Å². The molecule has 0 spiro atoms. The van der Waals surface area contributed by atoms with Crippen molar-refractivity contribution in [3.63, 3.8) is 0 Å². The zero-order valence-corrected chi connectivity index (χ0v) is 18.9. The molecule has 31 heavy (non-hydrogen) atoms.